The van der Waals surface area contributed by atoms with E-state index in [1.165, 1.54) is 18.2 Å². The van der Waals surface area contributed by atoms with E-state index in [9.17, 15) is 15.0 Å². The Hall–Kier alpha value is -1.75. The zero-order valence-electron chi connectivity index (χ0n) is 10.4. The van der Waals surface area contributed by atoms with Gasteiger partial charge in [0.05, 0.1) is 5.56 Å². The van der Waals surface area contributed by atoms with E-state index in [1.807, 2.05) is 7.05 Å². The molecule has 1 fully saturated rings. The van der Waals surface area contributed by atoms with E-state index in [4.69, 9.17) is 0 Å². The first-order valence-corrected chi connectivity index (χ1v) is 6.09. The van der Waals surface area contributed by atoms with Crippen molar-refractivity contribution in [2.24, 2.45) is 0 Å². The van der Waals surface area contributed by atoms with Crippen LogP contribution in [-0.4, -0.2) is 47.2 Å². The lowest BCUT2D eigenvalue weighted by Gasteiger charge is -2.19. The van der Waals surface area contributed by atoms with Crippen molar-refractivity contribution in [2.75, 3.05) is 20.1 Å². The lowest BCUT2D eigenvalue weighted by Crippen LogP contribution is -2.38. The molecule has 0 bridgehead atoms. The Kier molecular flexibility index (Phi) is 3.72. The van der Waals surface area contributed by atoms with Gasteiger partial charge in [0.1, 0.15) is 0 Å². The molecule has 1 aromatic carbocycles. The summed E-state index contributed by atoms with van der Waals surface area (Å²) in [5.41, 5.74) is 0.107. The number of carbonyl (C=O) groups excluding carboxylic acids is 1. The molecule has 1 saturated heterocycles. The molecule has 0 aliphatic carbocycles. The molecule has 3 N–H and O–H groups in total. The van der Waals surface area contributed by atoms with Gasteiger partial charge in [-0.3, -0.25) is 4.79 Å². The first-order chi connectivity index (χ1) is 8.59. The number of nitrogens with zero attached hydrogens (tertiary/aromatic N) is 1. The number of hydrogen-bond acceptors (Lipinski definition) is 4. The fourth-order valence-corrected chi connectivity index (χ4v) is 2.26. The summed E-state index contributed by atoms with van der Waals surface area (Å²) in [5.74, 6) is -1.00. The van der Waals surface area contributed by atoms with Crippen LogP contribution in [0.4, 0.5) is 0 Å². The van der Waals surface area contributed by atoms with Gasteiger partial charge in [-0.25, -0.2) is 0 Å². The van der Waals surface area contributed by atoms with Crippen molar-refractivity contribution < 1.29 is 15.0 Å². The largest absolute Gasteiger partial charge is 0.504 e. The highest BCUT2D eigenvalue weighted by molar-refractivity contribution is 5.97. The Balaban J connectivity index is 1.97. The summed E-state index contributed by atoms with van der Waals surface area (Å²) in [6, 6.07) is 4.72. The predicted octanol–water partition coefficient (Wildman–Crippen LogP) is 0.922. The van der Waals surface area contributed by atoms with Crippen LogP contribution < -0.4 is 5.32 Å². The summed E-state index contributed by atoms with van der Waals surface area (Å²) < 4.78 is 0. The molecule has 5 heteroatoms. The van der Waals surface area contributed by atoms with E-state index in [0.717, 1.165) is 19.4 Å². The maximum absolute atomic E-state index is 11.9. The number of nitrogens with one attached hydrogen (secondary N) is 1. The number of carbonyl (C=O) groups is 1. The van der Waals surface area contributed by atoms with E-state index in [1.54, 1.807) is 0 Å². The van der Waals surface area contributed by atoms with Gasteiger partial charge in [-0.1, -0.05) is 6.07 Å². The normalized spacial score (nSPS) is 19.9. The van der Waals surface area contributed by atoms with Gasteiger partial charge in [-0.05, 0) is 38.6 Å². The Morgan fingerprint density at radius 1 is 1.50 bits per heavy atom. The van der Waals surface area contributed by atoms with Crippen LogP contribution in [0, 0.1) is 0 Å². The molecule has 1 heterocycles. The van der Waals surface area contributed by atoms with Crippen LogP contribution in [0.3, 0.4) is 0 Å². The Labute approximate surface area is 106 Å². The summed E-state index contributed by atoms with van der Waals surface area (Å²) in [6.45, 7) is 1.61. The minimum Gasteiger partial charge on any atom is -0.504 e. The summed E-state index contributed by atoms with van der Waals surface area (Å²) in [4.78, 5) is 14.1. The van der Waals surface area contributed by atoms with Gasteiger partial charge in [-0.15, -0.1) is 0 Å². The number of rotatable bonds is 3. The number of likely N-dealkylation sites (tertiary alicyclic amines) is 1. The third-order valence-corrected chi connectivity index (χ3v) is 3.43. The monoisotopic (exact) mass is 250 g/mol. The molecule has 5 nitrogen and oxygen atoms in total. The van der Waals surface area contributed by atoms with E-state index in [0.29, 0.717) is 12.6 Å². The van der Waals surface area contributed by atoms with Crippen LogP contribution in [0.2, 0.25) is 0 Å². The summed E-state index contributed by atoms with van der Waals surface area (Å²) in [7, 11) is 2.04. The standard InChI is InChI=1S/C13H18N2O3/c1-15-7-3-4-9(15)8-14-13(18)10-5-2-6-11(16)12(10)17/h2,5-6,9,16-17H,3-4,7-8H2,1H3,(H,14,18). The fourth-order valence-electron chi connectivity index (χ4n) is 2.26. The molecule has 0 radical (unpaired) electrons. The molecule has 0 saturated carbocycles. The van der Waals surface area contributed by atoms with Crippen LogP contribution in [0.1, 0.15) is 23.2 Å². The number of amides is 1. The van der Waals surface area contributed by atoms with Crippen LogP contribution in [0.15, 0.2) is 18.2 Å². The summed E-state index contributed by atoms with van der Waals surface area (Å²) >= 11 is 0. The summed E-state index contributed by atoms with van der Waals surface area (Å²) in [6.07, 6.45) is 2.22. The number of phenols is 2. The van der Waals surface area contributed by atoms with Gasteiger partial charge in [-0.2, -0.15) is 0 Å². The number of para-hydroxylation sites is 1. The van der Waals surface area contributed by atoms with Crippen LogP contribution in [0.5, 0.6) is 11.5 Å². The lowest BCUT2D eigenvalue weighted by molar-refractivity contribution is 0.0940. The van der Waals surface area contributed by atoms with Crippen LogP contribution in [-0.2, 0) is 0 Å². The van der Waals surface area contributed by atoms with Gasteiger partial charge in [0.15, 0.2) is 11.5 Å². The maximum atomic E-state index is 11.9. The van der Waals surface area contributed by atoms with Crippen molar-refractivity contribution in [3.05, 3.63) is 23.8 Å². The second-order valence-electron chi connectivity index (χ2n) is 4.66. The molecule has 1 amide bonds. The summed E-state index contributed by atoms with van der Waals surface area (Å²) in [5, 5.41) is 21.7. The Morgan fingerprint density at radius 2 is 2.28 bits per heavy atom. The molecule has 98 valence electrons. The van der Waals surface area contributed by atoms with Gasteiger partial charge >= 0.3 is 0 Å². The number of hydrogen-bond donors (Lipinski definition) is 3. The SMILES string of the molecule is CN1CCCC1CNC(=O)c1cccc(O)c1O. The average molecular weight is 250 g/mol. The number of likely N-dealkylation sites (N-methyl/N-ethyl adjacent to an activating group) is 1. The highest BCUT2D eigenvalue weighted by atomic mass is 16.3. The van der Waals surface area contributed by atoms with Crippen molar-refractivity contribution >= 4 is 5.91 Å². The minimum atomic E-state index is -0.366. The predicted molar refractivity (Wildman–Crippen MR) is 67.8 cm³/mol. The van der Waals surface area contributed by atoms with Crippen molar-refractivity contribution in [3.8, 4) is 11.5 Å². The molecule has 1 aliphatic heterocycles. The number of phenolic OH excluding ortho intramolecular Hbond substituents is 2. The molecule has 0 spiro atoms. The second-order valence-corrected chi connectivity index (χ2v) is 4.66. The number of benzene rings is 1. The fraction of sp³-hybridized carbons (Fsp3) is 0.462. The van der Waals surface area contributed by atoms with Gasteiger partial charge < -0.3 is 20.4 Å². The Bertz CT molecular complexity index is 448. The molecule has 1 aliphatic rings. The van der Waals surface area contributed by atoms with Gasteiger partial charge in [0, 0.05) is 12.6 Å². The molecule has 1 aromatic rings. The molecule has 0 aromatic heterocycles. The van der Waals surface area contributed by atoms with Crippen molar-refractivity contribution in [1.82, 2.24) is 10.2 Å². The van der Waals surface area contributed by atoms with Crippen molar-refractivity contribution in [1.29, 1.82) is 0 Å². The topological polar surface area (TPSA) is 72.8 Å². The number of aromatic hydroxyl groups is 2. The van der Waals surface area contributed by atoms with E-state index >= 15 is 0 Å². The first kappa shape index (κ1) is 12.7. The average Bonchev–Trinajstić information content (AvgIpc) is 2.75. The van der Waals surface area contributed by atoms with Crippen LogP contribution >= 0.6 is 0 Å². The molecule has 18 heavy (non-hydrogen) atoms. The van der Waals surface area contributed by atoms with E-state index in [-0.39, 0.29) is 23.0 Å². The van der Waals surface area contributed by atoms with Crippen molar-refractivity contribution in [2.45, 2.75) is 18.9 Å². The third kappa shape index (κ3) is 2.56. The quantitative estimate of drug-likeness (QED) is 0.698. The highest BCUT2D eigenvalue weighted by Crippen LogP contribution is 2.28. The molecule has 1 unspecified atom stereocenters. The maximum Gasteiger partial charge on any atom is 0.255 e. The molecular formula is C13H18N2O3. The Morgan fingerprint density at radius 3 is 2.94 bits per heavy atom. The second kappa shape index (κ2) is 5.27. The van der Waals surface area contributed by atoms with E-state index < -0.39 is 0 Å². The zero-order chi connectivity index (χ0) is 13.1. The third-order valence-electron chi connectivity index (χ3n) is 3.43. The minimum absolute atomic E-state index is 0.107. The van der Waals surface area contributed by atoms with Crippen molar-refractivity contribution in [3.63, 3.8) is 0 Å². The molecular weight excluding hydrogens is 232 g/mol. The van der Waals surface area contributed by atoms with Gasteiger partial charge in [0.2, 0.25) is 0 Å². The van der Waals surface area contributed by atoms with E-state index in [2.05, 4.69) is 10.2 Å². The van der Waals surface area contributed by atoms with Crippen LogP contribution in [0.25, 0.3) is 0 Å². The lowest BCUT2D eigenvalue weighted by atomic mass is 10.1. The first-order valence-electron chi connectivity index (χ1n) is 6.09. The van der Waals surface area contributed by atoms with Gasteiger partial charge in [0.25, 0.3) is 5.91 Å². The molecule has 2 rings (SSSR count). The highest BCUT2D eigenvalue weighted by Gasteiger charge is 2.22. The smallest absolute Gasteiger partial charge is 0.255 e. The zero-order valence-corrected chi connectivity index (χ0v) is 10.4. The molecule has 1 atom stereocenters.